The number of carbonyl (C=O) groups is 1. The van der Waals surface area contributed by atoms with Crippen molar-refractivity contribution in [2.45, 2.75) is 57.6 Å². The van der Waals surface area contributed by atoms with Crippen molar-refractivity contribution in [2.75, 3.05) is 11.9 Å². The van der Waals surface area contributed by atoms with Crippen molar-refractivity contribution in [1.29, 1.82) is 5.26 Å². The first-order chi connectivity index (χ1) is 11.1. The fourth-order valence-electron chi connectivity index (χ4n) is 3.07. The molecule has 23 heavy (non-hydrogen) atoms. The Morgan fingerprint density at radius 1 is 1.35 bits per heavy atom. The number of hydrogen-bond acceptors (Lipinski definition) is 3. The van der Waals surface area contributed by atoms with Gasteiger partial charge in [-0.15, -0.1) is 0 Å². The van der Waals surface area contributed by atoms with Crippen LogP contribution in [0.1, 0.15) is 44.6 Å². The van der Waals surface area contributed by atoms with Crippen molar-refractivity contribution in [3.63, 3.8) is 0 Å². The lowest BCUT2D eigenvalue weighted by Crippen LogP contribution is -2.47. The number of aliphatic hydroxyl groups is 1. The van der Waals surface area contributed by atoms with Crippen LogP contribution in [0.25, 0.3) is 0 Å². The predicted octanol–water partition coefficient (Wildman–Crippen LogP) is 3.30. The maximum atomic E-state index is 12.6. The summed E-state index contributed by atoms with van der Waals surface area (Å²) in [5, 5.41) is 21.3. The van der Waals surface area contributed by atoms with Crippen LogP contribution in [0.3, 0.4) is 0 Å². The number of anilines is 1. The molecule has 124 valence electrons. The normalized spacial score (nSPS) is 16.4. The van der Waals surface area contributed by atoms with E-state index in [0.29, 0.717) is 18.7 Å². The van der Waals surface area contributed by atoms with Gasteiger partial charge in [-0.3, -0.25) is 0 Å². The number of hydrogen-bond donors (Lipinski definition) is 2. The summed E-state index contributed by atoms with van der Waals surface area (Å²) in [6.07, 6.45) is 5.32. The van der Waals surface area contributed by atoms with Gasteiger partial charge in [0.1, 0.15) is 0 Å². The molecule has 1 atom stereocenters. The third-order valence-electron chi connectivity index (χ3n) is 4.23. The first-order valence-corrected chi connectivity index (χ1v) is 8.31. The second-order valence-electron chi connectivity index (χ2n) is 6.26. The number of carbonyl (C=O) groups excluding carboxylic acids is 1. The number of urea groups is 1. The molecule has 0 unspecified atom stereocenters. The Morgan fingerprint density at radius 3 is 2.57 bits per heavy atom. The summed E-state index contributed by atoms with van der Waals surface area (Å²) >= 11 is 0. The predicted molar refractivity (Wildman–Crippen MR) is 90.0 cm³/mol. The SMILES string of the molecule is C[C@H](O)CN(C(=O)Nc1ccc(CC#N)cc1)C1CCCCC1. The van der Waals surface area contributed by atoms with Crippen molar-refractivity contribution in [3.05, 3.63) is 29.8 Å². The molecule has 0 radical (unpaired) electrons. The molecule has 1 aromatic rings. The minimum absolute atomic E-state index is 0.161. The Kier molecular flexibility index (Phi) is 6.42. The molecule has 5 nitrogen and oxygen atoms in total. The molecule has 0 bridgehead atoms. The van der Waals surface area contributed by atoms with E-state index in [-0.39, 0.29) is 12.1 Å². The highest BCUT2D eigenvalue weighted by Crippen LogP contribution is 2.23. The molecule has 0 spiro atoms. The molecule has 1 aliphatic rings. The zero-order chi connectivity index (χ0) is 16.7. The third-order valence-corrected chi connectivity index (χ3v) is 4.23. The maximum Gasteiger partial charge on any atom is 0.322 e. The van der Waals surface area contributed by atoms with Gasteiger partial charge in [-0.1, -0.05) is 31.4 Å². The second kappa shape index (κ2) is 8.54. The monoisotopic (exact) mass is 315 g/mol. The maximum absolute atomic E-state index is 12.6. The average Bonchev–Trinajstić information content (AvgIpc) is 2.55. The van der Waals surface area contributed by atoms with Gasteiger partial charge in [0, 0.05) is 18.3 Å². The van der Waals surface area contributed by atoms with Gasteiger partial charge in [0.05, 0.1) is 18.6 Å². The van der Waals surface area contributed by atoms with E-state index in [4.69, 9.17) is 5.26 Å². The van der Waals surface area contributed by atoms with E-state index in [0.717, 1.165) is 31.2 Å². The molecule has 2 rings (SSSR count). The number of amides is 2. The van der Waals surface area contributed by atoms with E-state index in [2.05, 4.69) is 11.4 Å². The Morgan fingerprint density at radius 2 is 2.00 bits per heavy atom. The first kappa shape index (κ1) is 17.3. The number of rotatable bonds is 5. The summed E-state index contributed by atoms with van der Waals surface area (Å²) in [6, 6.07) is 9.46. The summed E-state index contributed by atoms with van der Waals surface area (Å²) in [5.41, 5.74) is 1.64. The molecule has 1 aromatic carbocycles. The molecule has 1 fully saturated rings. The fourth-order valence-corrected chi connectivity index (χ4v) is 3.07. The van der Waals surface area contributed by atoms with Crippen molar-refractivity contribution in [1.82, 2.24) is 4.90 Å². The molecule has 2 N–H and O–H groups in total. The van der Waals surface area contributed by atoms with Gasteiger partial charge in [0.2, 0.25) is 0 Å². The van der Waals surface area contributed by atoms with Gasteiger partial charge in [-0.25, -0.2) is 4.79 Å². The highest BCUT2D eigenvalue weighted by molar-refractivity contribution is 5.89. The standard InChI is InChI=1S/C18H25N3O2/c1-14(22)13-21(17-5-3-2-4-6-17)18(23)20-16-9-7-15(8-10-16)11-12-19/h7-10,14,17,22H,2-6,11,13H2,1H3,(H,20,23)/t14-/m0/s1. The molecule has 0 saturated heterocycles. The van der Waals surface area contributed by atoms with Crippen molar-refractivity contribution < 1.29 is 9.90 Å². The lowest BCUT2D eigenvalue weighted by molar-refractivity contribution is 0.105. The van der Waals surface area contributed by atoms with Crippen LogP contribution < -0.4 is 5.32 Å². The molecule has 0 heterocycles. The van der Waals surface area contributed by atoms with E-state index < -0.39 is 6.10 Å². The smallest absolute Gasteiger partial charge is 0.322 e. The summed E-state index contributed by atoms with van der Waals surface area (Å²) in [4.78, 5) is 14.4. The van der Waals surface area contributed by atoms with Gasteiger partial charge < -0.3 is 15.3 Å². The minimum atomic E-state index is -0.541. The van der Waals surface area contributed by atoms with Crippen LogP contribution in [0, 0.1) is 11.3 Å². The topological polar surface area (TPSA) is 76.4 Å². The fraction of sp³-hybridized carbons (Fsp3) is 0.556. The summed E-state index contributed by atoms with van der Waals surface area (Å²) in [7, 11) is 0. The molecule has 2 amide bonds. The van der Waals surface area contributed by atoms with Gasteiger partial charge in [0.15, 0.2) is 0 Å². The number of nitrogens with zero attached hydrogens (tertiary/aromatic N) is 2. The highest BCUT2D eigenvalue weighted by atomic mass is 16.3. The van der Waals surface area contributed by atoms with Gasteiger partial charge in [-0.05, 0) is 37.5 Å². The third kappa shape index (κ3) is 5.26. The second-order valence-corrected chi connectivity index (χ2v) is 6.26. The molecular weight excluding hydrogens is 290 g/mol. The van der Waals surface area contributed by atoms with E-state index in [1.807, 2.05) is 24.3 Å². The first-order valence-electron chi connectivity index (χ1n) is 8.31. The van der Waals surface area contributed by atoms with Crippen molar-refractivity contribution >= 4 is 11.7 Å². The summed E-state index contributed by atoms with van der Waals surface area (Å²) in [6.45, 7) is 2.06. The zero-order valence-corrected chi connectivity index (χ0v) is 13.7. The molecule has 0 aromatic heterocycles. The lowest BCUT2D eigenvalue weighted by Gasteiger charge is -2.35. The molecule has 0 aliphatic heterocycles. The van der Waals surface area contributed by atoms with Gasteiger partial charge in [0.25, 0.3) is 0 Å². The van der Waals surface area contributed by atoms with E-state index >= 15 is 0 Å². The quantitative estimate of drug-likeness (QED) is 0.875. The van der Waals surface area contributed by atoms with Crippen LogP contribution in [0.2, 0.25) is 0 Å². The number of nitrogens with one attached hydrogen (secondary N) is 1. The Labute approximate surface area is 137 Å². The Bertz CT molecular complexity index is 542. The van der Waals surface area contributed by atoms with Crippen LogP contribution in [0.15, 0.2) is 24.3 Å². The molecule has 5 heteroatoms. The molecular formula is C18H25N3O2. The van der Waals surface area contributed by atoms with Crippen LogP contribution in [0.4, 0.5) is 10.5 Å². The van der Waals surface area contributed by atoms with Crippen LogP contribution in [0.5, 0.6) is 0 Å². The van der Waals surface area contributed by atoms with Gasteiger partial charge >= 0.3 is 6.03 Å². The molecule has 1 aliphatic carbocycles. The largest absolute Gasteiger partial charge is 0.392 e. The van der Waals surface area contributed by atoms with E-state index in [1.165, 1.54) is 6.42 Å². The van der Waals surface area contributed by atoms with Crippen LogP contribution >= 0.6 is 0 Å². The highest BCUT2D eigenvalue weighted by Gasteiger charge is 2.26. The van der Waals surface area contributed by atoms with Crippen molar-refractivity contribution in [2.24, 2.45) is 0 Å². The van der Waals surface area contributed by atoms with Crippen molar-refractivity contribution in [3.8, 4) is 6.07 Å². The van der Waals surface area contributed by atoms with Crippen LogP contribution in [-0.4, -0.2) is 34.7 Å². The van der Waals surface area contributed by atoms with E-state index in [9.17, 15) is 9.90 Å². The summed E-state index contributed by atoms with van der Waals surface area (Å²) < 4.78 is 0. The number of aliphatic hydroxyl groups excluding tert-OH is 1. The lowest BCUT2D eigenvalue weighted by atomic mass is 9.94. The number of nitriles is 1. The zero-order valence-electron chi connectivity index (χ0n) is 13.7. The van der Waals surface area contributed by atoms with E-state index in [1.54, 1.807) is 11.8 Å². The van der Waals surface area contributed by atoms with Crippen LogP contribution in [-0.2, 0) is 6.42 Å². The Hall–Kier alpha value is -2.06. The van der Waals surface area contributed by atoms with Gasteiger partial charge in [-0.2, -0.15) is 5.26 Å². The Balaban J connectivity index is 2.02. The average molecular weight is 315 g/mol. The minimum Gasteiger partial charge on any atom is -0.392 e. The summed E-state index contributed by atoms with van der Waals surface area (Å²) in [5.74, 6) is 0. The molecule has 1 saturated carbocycles. The number of benzene rings is 1.